The molecule has 0 N–H and O–H groups in total. The minimum absolute atomic E-state index is 0.211. The number of hydrogen-bond acceptors (Lipinski definition) is 5. The molecule has 1 saturated carbocycles. The number of thioether (sulfide) groups is 1. The van der Waals surface area contributed by atoms with E-state index >= 15 is 0 Å². The Morgan fingerprint density at radius 2 is 1.96 bits per heavy atom. The molecule has 26 heavy (non-hydrogen) atoms. The summed E-state index contributed by atoms with van der Waals surface area (Å²) in [6.45, 7) is 4.32. The van der Waals surface area contributed by atoms with E-state index in [1.54, 1.807) is 6.20 Å². The maximum absolute atomic E-state index is 12.8. The van der Waals surface area contributed by atoms with Crippen molar-refractivity contribution >= 4 is 17.7 Å². The molecule has 0 radical (unpaired) electrons. The van der Waals surface area contributed by atoms with Crippen LogP contribution in [-0.4, -0.2) is 48.4 Å². The Bertz CT molecular complexity index is 763. The summed E-state index contributed by atoms with van der Waals surface area (Å²) in [5.41, 5.74) is 0.975. The average Bonchev–Trinajstić information content (AvgIpc) is 3.39. The average molecular weight is 372 g/mol. The van der Waals surface area contributed by atoms with Crippen molar-refractivity contribution in [3.8, 4) is 11.4 Å². The second-order valence-electron chi connectivity index (χ2n) is 7.37. The van der Waals surface area contributed by atoms with Crippen LogP contribution in [0.15, 0.2) is 29.7 Å². The van der Waals surface area contributed by atoms with Crippen molar-refractivity contribution in [1.82, 2.24) is 24.6 Å². The van der Waals surface area contributed by atoms with Gasteiger partial charge < -0.3 is 4.90 Å². The Balaban J connectivity index is 1.50. The lowest BCUT2D eigenvalue weighted by Gasteiger charge is -2.39. The normalized spacial score (nSPS) is 23.2. The lowest BCUT2D eigenvalue weighted by molar-refractivity contribution is -0.134. The van der Waals surface area contributed by atoms with Crippen LogP contribution < -0.4 is 0 Å². The van der Waals surface area contributed by atoms with Crippen LogP contribution in [0.3, 0.4) is 0 Å². The first-order valence-corrected chi connectivity index (χ1v) is 10.4. The van der Waals surface area contributed by atoms with Gasteiger partial charge >= 0.3 is 0 Å². The molecular formula is C19H25N5OS. The van der Waals surface area contributed by atoms with Gasteiger partial charge in [0.2, 0.25) is 5.91 Å². The summed E-state index contributed by atoms with van der Waals surface area (Å²) >= 11 is 1.51. The fraction of sp³-hybridized carbons (Fsp3) is 0.579. The molecule has 138 valence electrons. The fourth-order valence-corrected chi connectivity index (χ4v) is 4.72. The summed E-state index contributed by atoms with van der Waals surface area (Å²) in [4.78, 5) is 19.1. The van der Waals surface area contributed by atoms with E-state index in [-0.39, 0.29) is 5.91 Å². The largest absolute Gasteiger partial charge is 0.337 e. The van der Waals surface area contributed by atoms with Crippen LogP contribution in [0.2, 0.25) is 0 Å². The zero-order valence-electron chi connectivity index (χ0n) is 15.3. The van der Waals surface area contributed by atoms with Gasteiger partial charge in [0.25, 0.3) is 0 Å². The van der Waals surface area contributed by atoms with E-state index < -0.39 is 0 Å². The minimum Gasteiger partial charge on any atom is -0.337 e. The summed E-state index contributed by atoms with van der Waals surface area (Å²) in [6, 6.07) is 5.03. The van der Waals surface area contributed by atoms with Crippen molar-refractivity contribution in [2.24, 2.45) is 0 Å². The van der Waals surface area contributed by atoms with Crippen molar-refractivity contribution in [2.45, 2.75) is 69.2 Å². The monoisotopic (exact) mass is 371 g/mol. The molecule has 2 aromatic rings. The highest BCUT2D eigenvalue weighted by molar-refractivity contribution is 7.99. The predicted octanol–water partition coefficient (Wildman–Crippen LogP) is 3.56. The number of likely N-dealkylation sites (tertiary alicyclic amines) is 1. The Labute approximate surface area is 158 Å². The van der Waals surface area contributed by atoms with Crippen molar-refractivity contribution in [3.63, 3.8) is 0 Å². The minimum atomic E-state index is 0.211. The molecule has 4 rings (SSSR count). The van der Waals surface area contributed by atoms with Gasteiger partial charge in [-0.1, -0.05) is 11.8 Å². The molecule has 1 amide bonds. The summed E-state index contributed by atoms with van der Waals surface area (Å²) in [7, 11) is 0. The molecule has 0 unspecified atom stereocenters. The van der Waals surface area contributed by atoms with Gasteiger partial charge in [-0.3, -0.25) is 14.3 Å². The van der Waals surface area contributed by atoms with E-state index in [9.17, 15) is 4.79 Å². The second-order valence-corrected chi connectivity index (χ2v) is 8.31. The molecule has 3 heterocycles. The Kier molecular flexibility index (Phi) is 4.98. The SMILES string of the molecule is C[C@@H]1CCC[C@@H](C)N1C(=O)CSc1nnc(-c2cccnc2)n1C1CC1. The standard InChI is InChI=1S/C19H25N5OS/c1-13-5-3-6-14(2)23(13)17(25)12-26-19-22-21-18(24(19)16-8-9-16)15-7-4-10-20-11-15/h4,7,10-11,13-14,16H,3,5-6,8-9,12H2,1-2H3/t13-,14-/m1/s1. The van der Waals surface area contributed by atoms with Gasteiger partial charge in [0.1, 0.15) is 0 Å². The summed E-state index contributed by atoms with van der Waals surface area (Å²) in [5.74, 6) is 1.49. The van der Waals surface area contributed by atoms with Crippen LogP contribution in [0, 0.1) is 0 Å². The Hall–Kier alpha value is -1.89. The van der Waals surface area contributed by atoms with Crippen molar-refractivity contribution in [1.29, 1.82) is 0 Å². The topological polar surface area (TPSA) is 63.9 Å². The molecule has 2 atom stereocenters. The van der Waals surface area contributed by atoms with Gasteiger partial charge in [0, 0.05) is 36.1 Å². The summed E-state index contributed by atoms with van der Waals surface area (Å²) in [5, 5.41) is 9.63. The smallest absolute Gasteiger partial charge is 0.233 e. The number of piperidine rings is 1. The highest BCUT2D eigenvalue weighted by Gasteiger charge is 2.32. The molecule has 0 aromatic carbocycles. The number of nitrogens with zero attached hydrogens (tertiary/aromatic N) is 5. The van der Waals surface area contributed by atoms with Gasteiger partial charge in [-0.2, -0.15) is 0 Å². The van der Waals surface area contributed by atoms with E-state index in [2.05, 4.69) is 38.5 Å². The molecule has 0 spiro atoms. The molecule has 1 saturated heterocycles. The lowest BCUT2D eigenvalue weighted by Crippen LogP contribution is -2.48. The number of aromatic nitrogens is 4. The van der Waals surface area contributed by atoms with E-state index in [1.165, 1.54) is 18.2 Å². The molecule has 2 aliphatic rings. The molecule has 1 aliphatic heterocycles. The molecule has 2 fully saturated rings. The van der Waals surface area contributed by atoms with E-state index in [1.807, 2.05) is 18.3 Å². The van der Waals surface area contributed by atoms with Crippen LogP contribution in [0.4, 0.5) is 0 Å². The van der Waals surface area contributed by atoms with E-state index in [0.717, 1.165) is 42.2 Å². The van der Waals surface area contributed by atoms with Gasteiger partial charge in [-0.15, -0.1) is 10.2 Å². The quantitative estimate of drug-likeness (QED) is 0.752. The number of amides is 1. The van der Waals surface area contributed by atoms with Crippen LogP contribution in [0.1, 0.15) is 52.0 Å². The summed E-state index contributed by atoms with van der Waals surface area (Å²) in [6.07, 6.45) is 9.29. The van der Waals surface area contributed by atoms with Crippen molar-refractivity contribution in [2.75, 3.05) is 5.75 Å². The van der Waals surface area contributed by atoms with Crippen LogP contribution >= 0.6 is 11.8 Å². The highest BCUT2D eigenvalue weighted by atomic mass is 32.2. The van der Waals surface area contributed by atoms with Gasteiger partial charge in [0.05, 0.1) is 5.75 Å². The third kappa shape index (κ3) is 3.49. The Morgan fingerprint density at radius 1 is 1.19 bits per heavy atom. The number of rotatable bonds is 5. The lowest BCUT2D eigenvalue weighted by atomic mass is 9.98. The maximum Gasteiger partial charge on any atom is 0.233 e. The van der Waals surface area contributed by atoms with Gasteiger partial charge in [0.15, 0.2) is 11.0 Å². The van der Waals surface area contributed by atoms with Crippen LogP contribution in [0.5, 0.6) is 0 Å². The highest BCUT2D eigenvalue weighted by Crippen LogP contribution is 2.41. The summed E-state index contributed by atoms with van der Waals surface area (Å²) < 4.78 is 2.19. The molecule has 1 aliphatic carbocycles. The van der Waals surface area contributed by atoms with E-state index in [4.69, 9.17) is 0 Å². The number of pyridine rings is 1. The zero-order chi connectivity index (χ0) is 18.1. The first-order chi connectivity index (χ1) is 12.6. The Morgan fingerprint density at radius 3 is 2.62 bits per heavy atom. The molecule has 6 nitrogen and oxygen atoms in total. The molecular weight excluding hydrogens is 346 g/mol. The number of carbonyl (C=O) groups excluding carboxylic acids is 1. The van der Waals surface area contributed by atoms with Gasteiger partial charge in [-0.05, 0) is 58.1 Å². The molecule has 2 aromatic heterocycles. The van der Waals surface area contributed by atoms with Crippen LogP contribution in [0.25, 0.3) is 11.4 Å². The third-order valence-corrected chi connectivity index (χ3v) is 6.23. The number of hydrogen-bond donors (Lipinski definition) is 0. The van der Waals surface area contributed by atoms with Crippen LogP contribution in [-0.2, 0) is 4.79 Å². The van der Waals surface area contributed by atoms with Crippen molar-refractivity contribution in [3.05, 3.63) is 24.5 Å². The molecule has 0 bridgehead atoms. The third-order valence-electron chi connectivity index (χ3n) is 5.30. The first kappa shape index (κ1) is 17.5. The zero-order valence-corrected chi connectivity index (χ0v) is 16.2. The first-order valence-electron chi connectivity index (χ1n) is 9.44. The second kappa shape index (κ2) is 7.39. The predicted molar refractivity (Wildman–Crippen MR) is 102 cm³/mol. The maximum atomic E-state index is 12.8. The fourth-order valence-electron chi connectivity index (χ4n) is 3.84. The van der Waals surface area contributed by atoms with E-state index in [0.29, 0.717) is 23.9 Å². The van der Waals surface area contributed by atoms with Crippen molar-refractivity contribution < 1.29 is 4.79 Å². The van der Waals surface area contributed by atoms with Gasteiger partial charge in [-0.25, -0.2) is 0 Å². The molecule has 7 heteroatoms. The number of carbonyl (C=O) groups is 1.